The van der Waals surface area contributed by atoms with Crippen molar-refractivity contribution in [3.8, 4) is 11.1 Å². The van der Waals surface area contributed by atoms with Crippen molar-refractivity contribution in [2.45, 2.75) is 43.2 Å². The normalized spacial score (nSPS) is 21.6. The van der Waals surface area contributed by atoms with Gasteiger partial charge in [-0.1, -0.05) is 61.4 Å². The lowest BCUT2D eigenvalue weighted by atomic mass is 9.95. The summed E-state index contributed by atoms with van der Waals surface area (Å²) >= 11 is 0. The third-order valence-electron chi connectivity index (χ3n) is 7.57. The lowest BCUT2D eigenvalue weighted by Gasteiger charge is -2.36. The Balaban J connectivity index is 1.28. The fourth-order valence-electron chi connectivity index (χ4n) is 5.27. The first-order valence-electron chi connectivity index (χ1n) is 12.1. The molecule has 1 saturated carbocycles. The van der Waals surface area contributed by atoms with E-state index >= 15 is 0 Å². The van der Waals surface area contributed by atoms with Crippen LogP contribution in [0, 0.1) is 5.92 Å². The minimum atomic E-state index is -1.41. The number of fused-ring (bicyclic) bond motifs is 3. The predicted molar refractivity (Wildman–Crippen MR) is 128 cm³/mol. The molecule has 2 aliphatic carbocycles. The number of nitrogens with zero attached hydrogens (tertiary/aromatic N) is 1. The highest BCUT2D eigenvalue weighted by Gasteiger charge is 2.50. The van der Waals surface area contributed by atoms with Crippen molar-refractivity contribution in [3.05, 3.63) is 59.7 Å². The van der Waals surface area contributed by atoms with Gasteiger partial charge in [-0.2, -0.15) is 0 Å². The molecule has 5 rings (SSSR count). The number of carboxylic acids is 1. The number of hydrogen-bond acceptors (Lipinski definition) is 5. The third kappa shape index (κ3) is 4.38. The Bertz CT molecular complexity index is 1090. The van der Waals surface area contributed by atoms with Crippen LogP contribution in [0.2, 0.25) is 0 Å². The number of likely N-dealkylation sites (N-methyl/N-ethyl adjacent to an activating group) is 1. The van der Waals surface area contributed by atoms with Gasteiger partial charge in [0, 0.05) is 26.0 Å². The average Bonchev–Trinajstić information content (AvgIpc) is 3.43. The molecule has 2 fully saturated rings. The Morgan fingerprint density at radius 1 is 1.11 bits per heavy atom. The maximum absolute atomic E-state index is 13.4. The molecule has 0 radical (unpaired) electrons. The lowest BCUT2D eigenvalue weighted by molar-refractivity contribution is -0.158. The summed E-state index contributed by atoms with van der Waals surface area (Å²) in [5.41, 5.74) is 3.08. The van der Waals surface area contributed by atoms with Crippen molar-refractivity contribution in [1.29, 1.82) is 0 Å². The van der Waals surface area contributed by atoms with Gasteiger partial charge in [0.1, 0.15) is 12.6 Å². The zero-order valence-corrected chi connectivity index (χ0v) is 19.7. The average molecular weight is 479 g/mol. The predicted octanol–water partition coefficient (Wildman–Crippen LogP) is 3.40. The zero-order valence-electron chi connectivity index (χ0n) is 19.7. The molecule has 1 aliphatic heterocycles. The molecule has 8 nitrogen and oxygen atoms in total. The molecule has 184 valence electrons. The van der Waals surface area contributed by atoms with Gasteiger partial charge in [-0.25, -0.2) is 9.59 Å². The molecule has 35 heavy (non-hydrogen) atoms. The third-order valence-corrected chi connectivity index (χ3v) is 7.57. The fourth-order valence-corrected chi connectivity index (χ4v) is 5.27. The van der Waals surface area contributed by atoms with Crippen LogP contribution in [0.3, 0.4) is 0 Å². The number of hydrogen-bond donors (Lipinski definition) is 2. The van der Waals surface area contributed by atoms with E-state index < -0.39 is 29.6 Å². The van der Waals surface area contributed by atoms with Gasteiger partial charge < -0.3 is 24.8 Å². The summed E-state index contributed by atoms with van der Waals surface area (Å²) in [5.74, 6) is -1.28. The smallest absolute Gasteiger partial charge is 0.407 e. The number of nitrogens with one attached hydrogen (secondary N) is 1. The van der Waals surface area contributed by atoms with Crippen LogP contribution >= 0.6 is 0 Å². The molecule has 2 atom stereocenters. The second-order valence-corrected chi connectivity index (χ2v) is 9.74. The number of amides is 2. The number of benzene rings is 2. The summed E-state index contributed by atoms with van der Waals surface area (Å²) in [6, 6.07) is 15.3. The van der Waals surface area contributed by atoms with E-state index in [1.807, 2.05) is 36.4 Å². The van der Waals surface area contributed by atoms with Gasteiger partial charge in [0.15, 0.2) is 5.54 Å². The van der Waals surface area contributed by atoms with Crippen LogP contribution in [0.1, 0.15) is 42.7 Å². The zero-order chi connectivity index (χ0) is 24.6. The van der Waals surface area contributed by atoms with E-state index in [9.17, 15) is 19.5 Å². The summed E-state index contributed by atoms with van der Waals surface area (Å²) in [7, 11) is 1.48. The van der Waals surface area contributed by atoms with E-state index in [2.05, 4.69) is 17.4 Å². The van der Waals surface area contributed by atoms with Gasteiger partial charge in [-0.05, 0) is 34.6 Å². The van der Waals surface area contributed by atoms with Crippen molar-refractivity contribution in [1.82, 2.24) is 10.2 Å². The monoisotopic (exact) mass is 478 g/mol. The summed E-state index contributed by atoms with van der Waals surface area (Å²) in [4.78, 5) is 39.5. The highest BCUT2D eigenvalue weighted by Crippen LogP contribution is 2.44. The highest BCUT2D eigenvalue weighted by atomic mass is 16.5. The fraction of sp³-hybridized carbons (Fsp3) is 0.444. The summed E-state index contributed by atoms with van der Waals surface area (Å²) in [5, 5.41) is 12.6. The summed E-state index contributed by atoms with van der Waals surface area (Å²) in [6.07, 6.45) is 1.99. The number of aliphatic carboxylic acids is 1. The Morgan fingerprint density at radius 3 is 2.29 bits per heavy atom. The van der Waals surface area contributed by atoms with E-state index in [0.29, 0.717) is 12.3 Å². The van der Waals surface area contributed by atoms with Crippen molar-refractivity contribution in [2.24, 2.45) is 5.92 Å². The lowest BCUT2D eigenvalue weighted by Crippen LogP contribution is -2.60. The number of rotatable bonds is 8. The molecule has 1 heterocycles. The van der Waals surface area contributed by atoms with Crippen molar-refractivity contribution >= 4 is 18.0 Å². The molecular formula is C27H30N2O6. The molecule has 0 bridgehead atoms. The molecular weight excluding hydrogens is 448 g/mol. The van der Waals surface area contributed by atoms with E-state index in [4.69, 9.17) is 9.47 Å². The molecule has 0 spiro atoms. The Labute approximate surface area is 204 Å². The minimum absolute atomic E-state index is 0.0638. The van der Waals surface area contributed by atoms with Gasteiger partial charge in [-0.3, -0.25) is 4.79 Å². The van der Waals surface area contributed by atoms with E-state index in [1.165, 1.54) is 11.9 Å². The summed E-state index contributed by atoms with van der Waals surface area (Å²) < 4.78 is 11.0. The first kappa shape index (κ1) is 23.4. The van der Waals surface area contributed by atoms with Crippen molar-refractivity contribution < 1.29 is 29.0 Å². The van der Waals surface area contributed by atoms with Gasteiger partial charge >= 0.3 is 12.1 Å². The van der Waals surface area contributed by atoms with Crippen molar-refractivity contribution in [3.63, 3.8) is 0 Å². The van der Waals surface area contributed by atoms with Gasteiger partial charge in [0.25, 0.3) is 0 Å². The van der Waals surface area contributed by atoms with E-state index in [0.717, 1.165) is 35.1 Å². The second-order valence-electron chi connectivity index (χ2n) is 9.74. The first-order valence-corrected chi connectivity index (χ1v) is 12.1. The molecule has 2 aromatic carbocycles. The molecule has 3 aliphatic rings. The van der Waals surface area contributed by atoms with Crippen LogP contribution in [0.5, 0.6) is 0 Å². The SMILES string of the molecule is CN(C(=O)C(CC1CC1)NC(=O)OCC1c2ccccc2-c2ccccc21)C1(C(=O)O)CCOC1. The molecule has 8 heteroatoms. The number of carbonyl (C=O) groups is 3. The quantitative estimate of drug-likeness (QED) is 0.603. The van der Waals surface area contributed by atoms with Crippen LogP contribution in [0.15, 0.2) is 48.5 Å². The topological polar surface area (TPSA) is 105 Å². The number of ether oxygens (including phenoxy) is 2. The summed E-state index contributed by atoms with van der Waals surface area (Å²) in [6.45, 7) is 0.357. The Kier molecular flexibility index (Phi) is 6.23. The van der Waals surface area contributed by atoms with Crippen molar-refractivity contribution in [2.75, 3.05) is 26.9 Å². The minimum Gasteiger partial charge on any atom is -0.479 e. The Morgan fingerprint density at radius 2 is 1.74 bits per heavy atom. The molecule has 2 aromatic rings. The van der Waals surface area contributed by atoms with Gasteiger partial charge in [0.05, 0.1) is 6.61 Å². The van der Waals surface area contributed by atoms with Gasteiger partial charge in [0.2, 0.25) is 5.91 Å². The number of carboxylic acid groups (broad SMARTS) is 1. The maximum Gasteiger partial charge on any atom is 0.407 e. The van der Waals surface area contributed by atoms with Crippen LogP contribution in [0.25, 0.3) is 11.1 Å². The van der Waals surface area contributed by atoms with Gasteiger partial charge in [-0.15, -0.1) is 0 Å². The molecule has 2 amide bonds. The number of alkyl carbamates (subject to hydrolysis) is 1. The second kappa shape index (κ2) is 9.34. The Hall–Kier alpha value is -3.39. The molecule has 0 aromatic heterocycles. The number of carbonyl (C=O) groups excluding carboxylic acids is 2. The van der Waals surface area contributed by atoms with E-state index in [1.54, 1.807) is 0 Å². The largest absolute Gasteiger partial charge is 0.479 e. The van der Waals surface area contributed by atoms with Crippen LogP contribution in [-0.4, -0.2) is 66.4 Å². The first-order chi connectivity index (χ1) is 16.9. The maximum atomic E-state index is 13.4. The molecule has 1 saturated heterocycles. The van der Waals surface area contributed by atoms with E-state index in [-0.39, 0.29) is 32.2 Å². The van der Waals surface area contributed by atoms with Crippen LogP contribution < -0.4 is 5.32 Å². The molecule has 2 unspecified atom stereocenters. The van der Waals surface area contributed by atoms with Crippen LogP contribution in [-0.2, 0) is 19.1 Å². The van der Waals surface area contributed by atoms with Crippen LogP contribution in [0.4, 0.5) is 4.79 Å². The molecule has 2 N–H and O–H groups in total. The standard InChI is InChI=1S/C27H30N2O6/c1-29(27(25(31)32)12-13-34-16-27)24(30)23(14-17-10-11-17)28-26(33)35-15-22-20-8-4-2-6-18(20)19-7-3-5-9-21(19)22/h2-9,17,22-23H,10-16H2,1H3,(H,28,33)(H,31,32). The highest BCUT2D eigenvalue weighted by molar-refractivity contribution is 5.91.